The van der Waals surface area contributed by atoms with E-state index in [1.54, 1.807) is 0 Å². The molecule has 1 heterocycles. The van der Waals surface area contributed by atoms with E-state index in [0.29, 0.717) is 18.0 Å². The number of hydrogen-bond acceptors (Lipinski definition) is 2. The van der Waals surface area contributed by atoms with Crippen LogP contribution in [0.2, 0.25) is 0 Å². The lowest BCUT2D eigenvalue weighted by Crippen LogP contribution is -2.24. The van der Waals surface area contributed by atoms with Gasteiger partial charge in [0.1, 0.15) is 5.82 Å². The van der Waals surface area contributed by atoms with Crippen LogP contribution in [0.15, 0.2) is 18.2 Å². The standard InChI is InChI=1S/C15H18F4N2/c1-21-7-11-10(12(11)8-21)6-20-5-9-2-3-14(16)13(4-9)15(17,18)19/h2-4,10-12,20H,5-8H2,1H3. The van der Waals surface area contributed by atoms with E-state index in [1.807, 2.05) is 0 Å². The van der Waals surface area contributed by atoms with Gasteiger partial charge in [0.2, 0.25) is 0 Å². The highest BCUT2D eigenvalue weighted by Crippen LogP contribution is 2.50. The van der Waals surface area contributed by atoms with E-state index in [9.17, 15) is 17.6 Å². The van der Waals surface area contributed by atoms with Gasteiger partial charge in [0.25, 0.3) is 0 Å². The maximum Gasteiger partial charge on any atom is 0.419 e. The summed E-state index contributed by atoms with van der Waals surface area (Å²) in [6.45, 7) is 3.40. The Morgan fingerprint density at radius 2 is 1.90 bits per heavy atom. The highest BCUT2D eigenvalue weighted by Gasteiger charge is 2.53. The number of fused-ring (bicyclic) bond motifs is 1. The Balaban J connectivity index is 1.52. The van der Waals surface area contributed by atoms with Gasteiger partial charge in [-0.3, -0.25) is 0 Å². The van der Waals surface area contributed by atoms with Crippen molar-refractivity contribution in [3.8, 4) is 0 Å². The second kappa shape index (κ2) is 5.25. The van der Waals surface area contributed by atoms with Crippen LogP contribution in [0.1, 0.15) is 11.1 Å². The number of benzene rings is 1. The smallest absolute Gasteiger partial charge is 0.312 e. The highest BCUT2D eigenvalue weighted by molar-refractivity contribution is 5.27. The monoisotopic (exact) mass is 302 g/mol. The number of halogens is 4. The number of hydrogen-bond donors (Lipinski definition) is 1. The van der Waals surface area contributed by atoms with Gasteiger partial charge in [0, 0.05) is 19.6 Å². The third-order valence-corrected chi connectivity index (χ3v) is 4.60. The third kappa shape index (κ3) is 3.06. The summed E-state index contributed by atoms with van der Waals surface area (Å²) in [5, 5.41) is 3.20. The van der Waals surface area contributed by atoms with Crippen LogP contribution in [0.25, 0.3) is 0 Å². The summed E-state index contributed by atoms with van der Waals surface area (Å²) in [5.41, 5.74) is -0.724. The van der Waals surface area contributed by atoms with Crippen molar-refractivity contribution in [3.63, 3.8) is 0 Å². The van der Waals surface area contributed by atoms with Gasteiger partial charge in [-0.15, -0.1) is 0 Å². The molecule has 1 aromatic carbocycles. The van der Waals surface area contributed by atoms with Crippen LogP contribution in [0.5, 0.6) is 0 Å². The molecule has 3 rings (SSSR count). The molecule has 1 aliphatic carbocycles. The zero-order chi connectivity index (χ0) is 15.2. The van der Waals surface area contributed by atoms with E-state index in [0.717, 1.165) is 43.6 Å². The molecule has 2 fully saturated rings. The minimum absolute atomic E-state index is 0.342. The topological polar surface area (TPSA) is 15.3 Å². The molecule has 0 aromatic heterocycles. The first-order valence-electron chi connectivity index (χ1n) is 7.11. The van der Waals surface area contributed by atoms with E-state index >= 15 is 0 Å². The Bertz CT molecular complexity index is 517. The van der Waals surface area contributed by atoms with Crippen LogP contribution >= 0.6 is 0 Å². The molecule has 2 aliphatic rings. The van der Waals surface area contributed by atoms with Gasteiger partial charge in [0.15, 0.2) is 0 Å². The van der Waals surface area contributed by atoms with E-state index < -0.39 is 17.6 Å². The van der Waals surface area contributed by atoms with Crippen molar-refractivity contribution in [1.82, 2.24) is 10.2 Å². The predicted molar refractivity (Wildman–Crippen MR) is 71.1 cm³/mol. The number of piperidine rings is 1. The van der Waals surface area contributed by atoms with Crippen molar-refractivity contribution in [3.05, 3.63) is 35.1 Å². The van der Waals surface area contributed by atoms with Crippen LogP contribution in [-0.4, -0.2) is 31.6 Å². The predicted octanol–water partition coefficient (Wildman–Crippen LogP) is 2.74. The number of likely N-dealkylation sites (tertiary alicyclic amines) is 1. The summed E-state index contributed by atoms with van der Waals surface area (Å²) in [7, 11) is 2.10. The van der Waals surface area contributed by atoms with Gasteiger partial charge in [-0.25, -0.2) is 4.39 Å². The first-order valence-corrected chi connectivity index (χ1v) is 7.11. The van der Waals surface area contributed by atoms with Gasteiger partial charge in [-0.05, 0) is 49.0 Å². The maximum atomic E-state index is 13.2. The lowest BCUT2D eigenvalue weighted by atomic mass is 10.1. The first-order chi connectivity index (χ1) is 9.86. The van der Waals surface area contributed by atoms with E-state index in [1.165, 1.54) is 6.07 Å². The summed E-state index contributed by atoms with van der Waals surface area (Å²) >= 11 is 0. The largest absolute Gasteiger partial charge is 0.419 e. The molecule has 21 heavy (non-hydrogen) atoms. The quantitative estimate of drug-likeness (QED) is 0.860. The molecule has 0 radical (unpaired) electrons. The van der Waals surface area contributed by atoms with Crippen molar-refractivity contribution in [2.75, 3.05) is 26.7 Å². The SMILES string of the molecule is CN1CC2C(CNCc3ccc(F)c(C(F)(F)F)c3)C2C1. The van der Waals surface area contributed by atoms with Crippen LogP contribution in [-0.2, 0) is 12.7 Å². The number of alkyl halides is 3. The lowest BCUT2D eigenvalue weighted by Gasteiger charge is -2.14. The Kier molecular flexibility index (Phi) is 3.69. The highest BCUT2D eigenvalue weighted by atomic mass is 19.4. The molecule has 1 N–H and O–H groups in total. The molecule has 1 saturated carbocycles. The fourth-order valence-corrected chi connectivity index (χ4v) is 3.45. The van der Waals surface area contributed by atoms with Crippen molar-refractivity contribution < 1.29 is 17.6 Å². The zero-order valence-corrected chi connectivity index (χ0v) is 11.8. The molecule has 0 amide bonds. The number of rotatable bonds is 4. The molecule has 116 valence electrons. The van der Waals surface area contributed by atoms with Crippen molar-refractivity contribution in [1.29, 1.82) is 0 Å². The van der Waals surface area contributed by atoms with Gasteiger partial charge < -0.3 is 10.2 Å². The average molecular weight is 302 g/mol. The molecular formula is C15H18F4N2. The maximum absolute atomic E-state index is 13.2. The van der Waals surface area contributed by atoms with Gasteiger partial charge in [0.05, 0.1) is 5.56 Å². The van der Waals surface area contributed by atoms with Crippen molar-refractivity contribution >= 4 is 0 Å². The van der Waals surface area contributed by atoms with Crippen LogP contribution in [0.3, 0.4) is 0 Å². The molecule has 6 heteroatoms. The molecule has 1 aliphatic heterocycles. The zero-order valence-electron chi connectivity index (χ0n) is 11.8. The summed E-state index contributed by atoms with van der Waals surface area (Å²) in [5.74, 6) is 0.901. The van der Waals surface area contributed by atoms with E-state index in [-0.39, 0.29) is 0 Å². The van der Waals surface area contributed by atoms with E-state index in [2.05, 4.69) is 17.3 Å². The average Bonchev–Trinajstić information content (AvgIpc) is 2.85. The van der Waals surface area contributed by atoms with E-state index in [4.69, 9.17) is 0 Å². The molecule has 0 bridgehead atoms. The molecule has 2 nitrogen and oxygen atoms in total. The Hall–Kier alpha value is -1.14. The van der Waals surface area contributed by atoms with Crippen LogP contribution in [0.4, 0.5) is 17.6 Å². The van der Waals surface area contributed by atoms with Crippen molar-refractivity contribution in [2.45, 2.75) is 12.7 Å². The minimum Gasteiger partial charge on any atom is -0.312 e. The number of nitrogens with zero attached hydrogens (tertiary/aromatic N) is 1. The summed E-state index contributed by atoms with van der Waals surface area (Å²) in [6.07, 6.45) is -4.64. The summed E-state index contributed by atoms with van der Waals surface area (Å²) in [6, 6.07) is 3.18. The second-order valence-corrected chi connectivity index (χ2v) is 6.16. The molecule has 1 saturated heterocycles. The molecule has 1 aromatic rings. The Morgan fingerprint density at radius 3 is 2.52 bits per heavy atom. The Labute approximate surface area is 121 Å². The molecule has 2 unspecified atom stereocenters. The molecule has 2 atom stereocenters. The minimum atomic E-state index is -4.64. The lowest BCUT2D eigenvalue weighted by molar-refractivity contribution is -0.140. The van der Waals surface area contributed by atoms with Gasteiger partial charge in [-0.1, -0.05) is 6.07 Å². The third-order valence-electron chi connectivity index (χ3n) is 4.60. The number of nitrogens with one attached hydrogen (secondary N) is 1. The molecular weight excluding hydrogens is 284 g/mol. The van der Waals surface area contributed by atoms with Gasteiger partial charge in [-0.2, -0.15) is 13.2 Å². The van der Waals surface area contributed by atoms with Crippen LogP contribution in [0, 0.1) is 23.6 Å². The first kappa shape index (κ1) is 14.8. The van der Waals surface area contributed by atoms with Crippen molar-refractivity contribution in [2.24, 2.45) is 17.8 Å². The fourth-order valence-electron chi connectivity index (χ4n) is 3.45. The summed E-state index contributed by atoms with van der Waals surface area (Å²) in [4.78, 5) is 2.31. The fraction of sp³-hybridized carbons (Fsp3) is 0.600. The summed E-state index contributed by atoms with van der Waals surface area (Å²) < 4.78 is 51.0. The van der Waals surface area contributed by atoms with Crippen LogP contribution < -0.4 is 5.32 Å². The Morgan fingerprint density at radius 1 is 1.24 bits per heavy atom. The molecule has 0 spiro atoms. The second-order valence-electron chi connectivity index (χ2n) is 6.16. The van der Waals surface area contributed by atoms with Gasteiger partial charge >= 0.3 is 6.18 Å². The normalized spacial score (nSPS) is 28.7.